The van der Waals surface area contributed by atoms with E-state index in [0.29, 0.717) is 44.4 Å². The van der Waals surface area contributed by atoms with Gasteiger partial charge in [-0.25, -0.2) is 0 Å². The molecule has 0 bridgehead atoms. The molecule has 0 aliphatic rings. The van der Waals surface area contributed by atoms with Gasteiger partial charge in [0.15, 0.2) is 0 Å². The Morgan fingerprint density at radius 2 is 1.14 bits per heavy atom. The molecular formula is C42H26O. The van der Waals surface area contributed by atoms with E-state index in [4.69, 9.17) is 7.16 Å². The fourth-order valence-corrected chi connectivity index (χ4v) is 6.39. The zero-order valence-electron chi connectivity index (χ0n) is 29.9. The number of hydrogen-bond acceptors (Lipinski definition) is 1. The molecule has 0 spiro atoms. The van der Waals surface area contributed by atoms with Gasteiger partial charge in [-0.15, -0.1) is 0 Å². The Balaban J connectivity index is 1.60. The van der Waals surface area contributed by atoms with E-state index in [2.05, 4.69) is 0 Å². The lowest BCUT2D eigenvalue weighted by atomic mass is 9.84. The lowest BCUT2D eigenvalue weighted by Gasteiger charge is -2.19. The first-order valence-corrected chi connectivity index (χ1v) is 14.2. The van der Waals surface area contributed by atoms with Gasteiger partial charge in [0.25, 0.3) is 0 Å². The molecule has 0 amide bonds. The molecule has 8 aromatic carbocycles. The van der Waals surface area contributed by atoms with Crippen LogP contribution in [0.15, 0.2) is 162 Å². The van der Waals surface area contributed by atoms with Gasteiger partial charge < -0.3 is 4.42 Å². The maximum Gasteiger partial charge on any atom is 0.143 e. The summed E-state index contributed by atoms with van der Waals surface area (Å²) in [6, 6.07) is 34.4. The van der Waals surface area contributed by atoms with E-state index >= 15 is 0 Å². The molecule has 1 nitrogen and oxygen atoms in total. The van der Waals surface area contributed by atoms with Crippen molar-refractivity contribution in [1.82, 2.24) is 0 Å². The third kappa shape index (κ3) is 3.65. The zero-order chi connectivity index (χ0) is 34.4. The summed E-state index contributed by atoms with van der Waals surface area (Å²) in [6.45, 7) is 0. The Morgan fingerprint density at radius 1 is 0.442 bits per heavy atom. The summed E-state index contributed by atoms with van der Waals surface area (Å²) >= 11 is 0. The van der Waals surface area contributed by atoms with Crippen molar-refractivity contribution in [3.05, 3.63) is 158 Å². The predicted molar refractivity (Wildman–Crippen MR) is 183 cm³/mol. The summed E-state index contributed by atoms with van der Waals surface area (Å²) in [5, 5.41) is 4.58. The topological polar surface area (TPSA) is 13.1 Å². The predicted octanol–water partition coefficient (Wildman–Crippen LogP) is 12.0. The second-order valence-electron chi connectivity index (χ2n) is 10.7. The van der Waals surface area contributed by atoms with Gasteiger partial charge in [0.1, 0.15) is 11.2 Å². The van der Waals surface area contributed by atoms with Crippen LogP contribution in [-0.2, 0) is 0 Å². The molecule has 0 atom stereocenters. The van der Waals surface area contributed by atoms with E-state index in [-0.39, 0.29) is 58.0 Å². The van der Waals surface area contributed by atoms with Crippen molar-refractivity contribution in [1.29, 1.82) is 0 Å². The molecule has 0 aliphatic carbocycles. The monoisotopic (exact) mass is 553 g/mol. The quantitative estimate of drug-likeness (QED) is 0.198. The van der Waals surface area contributed by atoms with Crippen LogP contribution in [0.25, 0.3) is 87.6 Å². The Bertz CT molecular complexity index is 2880. The molecule has 1 heterocycles. The van der Waals surface area contributed by atoms with Crippen molar-refractivity contribution in [2.24, 2.45) is 0 Å². The first kappa shape index (κ1) is 18.0. The minimum Gasteiger partial charge on any atom is -0.455 e. The highest BCUT2D eigenvalue weighted by molar-refractivity contribution is 6.27. The van der Waals surface area contributed by atoms with Crippen LogP contribution in [0.3, 0.4) is 0 Å². The van der Waals surface area contributed by atoms with Crippen molar-refractivity contribution in [2.45, 2.75) is 0 Å². The highest BCUT2D eigenvalue weighted by atomic mass is 16.3. The number of hydrogen-bond donors (Lipinski definition) is 0. The van der Waals surface area contributed by atoms with E-state index in [9.17, 15) is 6.85 Å². The fraction of sp³-hybridized carbons (Fsp3) is 0. The smallest absolute Gasteiger partial charge is 0.143 e. The van der Waals surface area contributed by atoms with Crippen molar-refractivity contribution in [2.75, 3.05) is 0 Å². The van der Waals surface area contributed by atoms with Crippen LogP contribution in [0.4, 0.5) is 0 Å². The Kier molecular flexibility index (Phi) is 3.95. The van der Waals surface area contributed by atoms with Gasteiger partial charge in [-0.05, 0) is 78.5 Å². The molecule has 0 aliphatic heterocycles. The first-order chi connectivity index (χ1) is 24.3. The van der Waals surface area contributed by atoms with Gasteiger partial charge in [-0.3, -0.25) is 0 Å². The average molecular weight is 554 g/mol. The maximum atomic E-state index is 9.80. The Labute approximate surface area is 259 Å². The molecule has 43 heavy (non-hydrogen) atoms. The minimum absolute atomic E-state index is 0.0110. The van der Waals surface area contributed by atoms with Gasteiger partial charge >= 0.3 is 0 Å². The van der Waals surface area contributed by atoms with Crippen LogP contribution >= 0.6 is 0 Å². The summed E-state index contributed by atoms with van der Waals surface area (Å²) in [5.41, 5.74) is 4.19. The standard InChI is InChI=1S/C42H26O/c1-3-12-27(13-4-1)30-23-24-34-37(26-30)39(29-15-5-2-6-16-29)32-18-9-10-19-33(32)40(34)35-20-11-21-38-41(35)36-25-22-28-14-7-8-17-31(28)42(36)43-38/h1-26H/i9D,10D,18D,19D,23D,24D,26D. The number of fused-ring (bicyclic) bond motifs is 7. The second kappa shape index (κ2) is 9.44. The lowest BCUT2D eigenvalue weighted by molar-refractivity contribution is 0.673. The summed E-state index contributed by atoms with van der Waals surface area (Å²) in [7, 11) is 0. The second-order valence-corrected chi connectivity index (χ2v) is 10.7. The van der Waals surface area contributed by atoms with E-state index < -0.39 is 6.04 Å². The molecule has 9 rings (SSSR count). The van der Waals surface area contributed by atoms with Crippen molar-refractivity contribution in [3.8, 4) is 33.4 Å². The minimum atomic E-state index is -0.401. The molecular weight excluding hydrogens is 520 g/mol. The van der Waals surface area contributed by atoms with Crippen molar-refractivity contribution in [3.63, 3.8) is 0 Å². The van der Waals surface area contributed by atoms with Gasteiger partial charge in [0, 0.05) is 16.2 Å². The van der Waals surface area contributed by atoms with Gasteiger partial charge in [0.05, 0.1) is 9.60 Å². The Morgan fingerprint density at radius 3 is 1.95 bits per heavy atom. The molecule has 9 aromatic rings. The van der Waals surface area contributed by atoms with Gasteiger partial charge in [0.2, 0.25) is 0 Å². The molecule has 0 saturated carbocycles. The zero-order valence-corrected chi connectivity index (χ0v) is 22.9. The average Bonchev–Trinajstić information content (AvgIpc) is 3.55. The maximum absolute atomic E-state index is 9.80. The van der Waals surface area contributed by atoms with Crippen LogP contribution in [0.5, 0.6) is 0 Å². The third-order valence-corrected chi connectivity index (χ3v) is 8.28. The Hall–Kier alpha value is -5.66. The number of benzene rings is 8. The fourth-order valence-electron chi connectivity index (χ4n) is 6.39. The molecule has 0 unspecified atom stereocenters. The normalized spacial score (nSPS) is 14.0. The summed E-state index contributed by atoms with van der Waals surface area (Å²) in [4.78, 5) is 0. The highest BCUT2D eigenvalue weighted by Crippen LogP contribution is 2.48. The van der Waals surface area contributed by atoms with E-state index in [0.717, 1.165) is 21.5 Å². The van der Waals surface area contributed by atoms with Crippen LogP contribution in [0.1, 0.15) is 9.60 Å². The van der Waals surface area contributed by atoms with Gasteiger partial charge in [-0.1, -0.05) is 139 Å². The SMILES string of the molecule is [2H]c1c([2H])c([2H])c2c(-c3cccc4oc5c6ccccc6ccc5c34)c3c([2H])c([2H])c(-c4ccccc4)c([2H])c3c(-c3ccccc3)c2c1[2H]. The van der Waals surface area contributed by atoms with Gasteiger partial charge in [-0.2, -0.15) is 0 Å². The summed E-state index contributed by atoms with van der Waals surface area (Å²) < 4.78 is 71.7. The van der Waals surface area contributed by atoms with E-state index in [1.165, 1.54) is 0 Å². The van der Waals surface area contributed by atoms with Crippen LogP contribution in [0, 0.1) is 0 Å². The molecule has 0 radical (unpaired) electrons. The van der Waals surface area contributed by atoms with Crippen molar-refractivity contribution >= 4 is 54.3 Å². The first-order valence-electron chi connectivity index (χ1n) is 17.7. The summed E-state index contributed by atoms with van der Waals surface area (Å²) in [5.74, 6) is 0. The van der Waals surface area contributed by atoms with Crippen LogP contribution in [-0.4, -0.2) is 0 Å². The van der Waals surface area contributed by atoms with E-state index in [1.807, 2.05) is 115 Å². The largest absolute Gasteiger partial charge is 0.455 e. The molecule has 0 fully saturated rings. The third-order valence-electron chi connectivity index (χ3n) is 8.28. The molecule has 1 heteroatoms. The molecule has 0 N–H and O–H groups in total. The molecule has 0 saturated heterocycles. The number of rotatable bonds is 3. The van der Waals surface area contributed by atoms with Crippen LogP contribution in [0.2, 0.25) is 0 Å². The number of furan rings is 1. The molecule has 1 aromatic heterocycles. The molecule has 200 valence electrons. The lowest BCUT2D eigenvalue weighted by Crippen LogP contribution is -1.92. The van der Waals surface area contributed by atoms with E-state index in [1.54, 1.807) is 0 Å². The summed E-state index contributed by atoms with van der Waals surface area (Å²) in [6.07, 6.45) is 0. The van der Waals surface area contributed by atoms with Crippen LogP contribution < -0.4 is 0 Å². The van der Waals surface area contributed by atoms with Crippen molar-refractivity contribution < 1.29 is 14.0 Å². The highest BCUT2D eigenvalue weighted by Gasteiger charge is 2.21.